The van der Waals surface area contributed by atoms with Crippen molar-refractivity contribution in [2.75, 3.05) is 39.6 Å². The van der Waals surface area contributed by atoms with Gasteiger partial charge in [0, 0.05) is 25.7 Å². The van der Waals surface area contributed by atoms with Gasteiger partial charge in [0.1, 0.15) is 19.3 Å². The highest BCUT2D eigenvalue weighted by Gasteiger charge is 2.30. The molecule has 0 fully saturated rings. The Bertz CT molecular complexity index is 2020. The fourth-order valence-corrected chi connectivity index (χ4v) is 15.2. The minimum absolute atomic E-state index is 0.109. The lowest BCUT2D eigenvalue weighted by Crippen LogP contribution is -2.30. The van der Waals surface area contributed by atoms with Crippen molar-refractivity contribution in [1.29, 1.82) is 0 Å². The molecule has 0 spiro atoms. The topological polar surface area (TPSA) is 237 Å². The lowest BCUT2D eigenvalue weighted by Gasteiger charge is -2.21. The van der Waals surface area contributed by atoms with Gasteiger partial charge in [-0.25, -0.2) is 9.13 Å². The molecule has 0 aromatic carbocycles. The van der Waals surface area contributed by atoms with Gasteiger partial charge in [-0.15, -0.1) is 0 Å². The molecule has 3 unspecified atom stereocenters. The van der Waals surface area contributed by atoms with Crippen molar-refractivity contribution in [3.8, 4) is 0 Å². The molecule has 0 aliphatic heterocycles. The maximum atomic E-state index is 13.2. The molecule has 19 heteroatoms. The van der Waals surface area contributed by atoms with Crippen LogP contribution in [0.25, 0.3) is 0 Å². The first kappa shape index (κ1) is 104. The molecular formula is C87H170O17P2. The fraction of sp³-hybridized carbons (Fsp3) is 0.954. The SMILES string of the molecule is CCCCCCCCCCCCCCCCCCCCC(=O)OC[C@H](COP(=O)(O)OC[C@@H](O)COP(=O)(O)OC[C@@H](COC(=O)CCCCCCCCCCCCC)OC(=O)CCCCCCCCCCCCCCCCC)OC(=O)CCCCCCCCCCCCCCCCCCCCC(C)CC. The number of esters is 4. The number of unbranched alkanes of at least 4 members (excludes halogenated alkanes) is 58. The average Bonchev–Trinajstić information content (AvgIpc) is 1.11. The Morgan fingerprint density at radius 3 is 0.670 bits per heavy atom. The molecule has 0 bridgehead atoms. The van der Waals surface area contributed by atoms with Crippen LogP contribution in [-0.2, 0) is 65.4 Å². The smallest absolute Gasteiger partial charge is 0.462 e. The molecule has 0 aliphatic rings. The molecule has 106 heavy (non-hydrogen) atoms. The summed E-state index contributed by atoms with van der Waals surface area (Å²) in [5, 5.41) is 10.7. The van der Waals surface area contributed by atoms with Crippen LogP contribution < -0.4 is 0 Å². The van der Waals surface area contributed by atoms with E-state index in [2.05, 4.69) is 34.6 Å². The highest BCUT2D eigenvalue weighted by Crippen LogP contribution is 2.45. The number of aliphatic hydroxyl groups is 1. The van der Waals surface area contributed by atoms with Gasteiger partial charge in [-0.2, -0.15) is 0 Å². The molecular weight excluding hydrogens is 1380 g/mol. The number of carbonyl (C=O) groups is 4. The molecule has 0 heterocycles. The number of carbonyl (C=O) groups excluding carboxylic acids is 4. The van der Waals surface area contributed by atoms with E-state index in [0.717, 1.165) is 95.8 Å². The summed E-state index contributed by atoms with van der Waals surface area (Å²) in [6, 6.07) is 0. The zero-order valence-electron chi connectivity index (χ0n) is 69.6. The zero-order chi connectivity index (χ0) is 77.6. The van der Waals surface area contributed by atoms with Gasteiger partial charge in [0.25, 0.3) is 0 Å². The number of phosphoric acid groups is 2. The number of hydrogen-bond donors (Lipinski definition) is 3. The van der Waals surface area contributed by atoms with Gasteiger partial charge in [0.15, 0.2) is 12.2 Å². The maximum absolute atomic E-state index is 13.2. The second-order valence-electron chi connectivity index (χ2n) is 31.5. The van der Waals surface area contributed by atoms with Crippen LogP contribution in [0.3, 0.4) is 0 Å². The first-order chi connectivity index (χ1) is 51.6. The average molecular weight is 1550 g/mol. The van der Waals surface area contributed by atoms with Crippen LogP contribution in [0.15, 0.2) is 0 Å². The lowest BCUT2D eigenvalue weighted by atomic mass is 9.99. The minimum Gasteiger partial charge on any atom is -0.462 e. The Morgan fingerprint density at radius 2 is 0.453 bits per heavy atom. The molecule has 0 aliphatic carbocycles. The summed E-state index contributed by atoms with van der Waals surface area (Å²) in [4.78, 5) is 73.2. The summed E-state index contributed by atoms with van der Waals surface area (Å²) in [7, 11) is -9.93. The number of aliphatic hydroxyl groups excluding tert-OH is 1. The van der Waals surface area contributed by atoms with Gasteiger partial charge in [-0.1, -0.05) is 420 Å². The van der Waals surface area contributed by atoms with Crippen LogP contribution in [0.2, 0.25) is 0 Å². The fourth-order valence-electron chi connectivity index (χ4n) is 13.6. The third-order valence-electron chi connectivity index (χ3n) is 20.9. The normalized spacial score (nSPS) is 14.0. The Labute approximate surface area is 651 Å². The molecule has 0 radical (unpaired) electrons. The molecule has 0 aromatic heterocycles. The van der Waals surface area contributed by atoms with Crippen LogP contribution in [0.5, 0.6) is 0 Å². The van der Waals surface area contributed by atoms with E-state index < -0.39 is 97.5 Å². The molecule has 0 saturated heterocycles. The second kappa shape index (κ2) is 79.7. The van der Waals surface area contributed by atoms with Crippen LogP contribution >= 0.6 is 15.6 Å². The van der Waals surface area contributed by atoms with Crippen molar-refractivity contribution in [2.45, 2.75) is 490 Å². The third-order valence-corrected chi connectivity index (χ3v) is 22.8. The molecule has 6 atom stereocenters. The van der Waals surface area contributed by atoms with E-state index in [0.29, 0.717) is 25.7 Å². The lowest BCUT2D eigenvalue weighted by molar-refractivity contribution is -0.161. The highest BCUT2D eigenvalue weighted by atomic mass is 31.2. The second-order valence-corrected chi connectivity index (χ2v) is 34.4. The molecule has 0 saturated carbocycles. The Morgan fingerprint density at radius 1 is 0.264 bits per heavy atom. The third kappa shape index (κ3) is 78.7. The van der Waals surface area contributed by atoms with Crippen LogP contribution in [0.1, 0.15) is 471 Å². The van der Waals surface area contributed by atoms with Crippen molar-refractivity contribution in [2.24, 2.45) is 5.92 Å². The van der Waals surface area contributed by atoms with E-state index in [1.54, 1.807) is 0 Å². The summed E-state index contributed by atoms with van der Waals surface area (Å²) in [5.41, 5.74) is 0. The molecule has 17 nitrogen and oxygen atoms in total. The van der Waals surface area contributed by atoms with Gasteiger partial charge < -0.3 is 33.8 Å². The van der Waals surface area contributed by atoms with Gasteiger partial charge in [-0.3, -0.25) is 37.3 Å². The minimum atomic E-state index is -4.97. The number of hydrogen-bond acceptors (Lipinski definition) is 15. The Balaban J connectivity index is 5.23. The van der Waals surface area contributed by atoms with Crippen molar-refractivity contribution >= 4 is 39.5 Å². The van der Waals surface area contributed by atoms with Crippen LogP contribution in [0.4, 0.5) is 0 Å². The standard InChI is InChI=1S/C87H170O17P2/c1-6-10-13-16-19-22-25-27-29-30-34-38-41-46-51-56-61-66-71-85(90)98-77-83(104-87(92)73-68-63-58-53-48-43-39-35-32-31-33-37-40-45-49-54-59-64-69-80(5)9-4)79-102-106(95,96)100-75-81(88)74-99-105(93,94)101-78-82(76-97-84(89)70-65-60-55-50-44-24-21-18-15-12-8-3)103-86(91)72-67-62-57-52-47-42-36-28-26-23-20-17-14-11-7-2/h80-83,88H,6-79H2,1-5H3,(H,93,94)(H,95,96)/t80?,81-,82+,83+/m0/s1. The van der Waals surface area contributed by atoms with Crippen molar-refractivity contribution < 1.29 is 80.2 Å². The monoisotopic (exact) mass is 1550 g/mol. The van der Waals surface area contributed by atoms with E-state index in [4.69, 9.17) is 37.0 Å². The van der Waals surface area contributed by atoms with Crippen molar-refractivity contribution in [3.63, 3.8) is 0 Å². The Kier molecular flexibility index (Phi) is 78.2. The number of ether oxygens (including phenoxy) is 4. The van der Waals surface area contributed by atoms with Gasteiger partial charge >= 0.3 is 39.5 Å². The molecule has 3 N–H and O–H groups in total. The van der Waals surface area contributed by atoms with Gasteiger partial charge in [0.2, 0.25) is 0 Å². The van der Waals surface area contributed by atoms with Crippen molar-refractivity contribution in [1.82, 2.24) is 0 Å². The summed E-state index contributed by atoms with van der Waals surface area (Å²) in [5.74, 6) is -1.23. The summed E-state index contributed by atoms with van der Waals surface area (Å²) < 4.78 is 68.9. The van der Waals surface area contributed by atoms with E-state index >= 15 is 0 Å². The largest absolute Gasteiger partial charge is 0.472 e. The first-order valence-corrected chi connectivity index (χ1v) is 48.2. The quantitative estimate of drug-likeness (QED) is 0.0222. The zero-order valence-corrected chi connectivity index (χ0v) is 71.4. The number of rotatable bonds is 87. The predicted octanol–water partition coefficient (Wildman–Crippen LogP) is 26.8. The maximum Gasteiger partial charge on any atom is 0.472 e. The van der Waals surface area contributed by atoms with E-state index in [9.17, 15) is 43.2 Å². The van der Waals surface area contributed by atoms with Gasteiger partial charge in [-0.05, 0) is 31.6 Å². The molecule has 0 amide bonds. The summed E-state index contributed by atoms with van der Waals surface area (Å²) in [6.07, 6.45) is 73.5. The molecule has 0 aromatic rings. The summed E-state index contributed by atoms with van der Waals surface area (Å²) >= 11 is 0. The highest BCUT2D eigenvalue weighted by molar-refractivity contribution is 7.47. The van der Waals surface area contributed by atoms with Crippen LogP contribution in [0, 0.1) is 5.92 Å². The van der Waals surface area contributed by atoms with Crippen LogP contribution in [-0.4, -0.2) is 96.7 Å². The van der Waals surface area contributed by atoms with Gasteiger partial charge in [0.05, 0.1) is 26.4 Å². The van der Waals surface area contributed by atoms with E-state index in [-0.39, 0.29) is 25.7 Å². The molecule has 630 valence electrons. The molecule has 0 rings (SSSR count). The summed E-state index contributed by atoms with van der Waals surface area (Å²) in [6.45, 7) is 7.44. The van der Waals surface area contributed by atoms with E-state index in [1.165, 1.54) is 295 Å². The van der Waals surface area contributed by atoms with Crippen molar-refractivity contribution in [3.05, 3.63) is 0 Å². The Hall–Kier alpha value is -1.94. The number of phosphoric ester groups is 2. The van der Waals surface area contributed by atoms with E-state index in [1.807, 2.05) is 0 Å². The first-order valence-electron chi connectivity index (χ1n) is 45.2. The predicted molar refractivity (Wildman–Crippen MR) is 437 cm³/mol.